The first-order valence-electron chi connectivity index (χ1n) is 8.55. The van der Waals surface area contributed by atoms with Gasteiger partial charge in [-0.2, -0.15) is 0 Å². The van der Waals surface area contributed by atoms with Crippen LogP contribution in [0.15, 0.2) is 53.5 Å². The maximum atomic E-state index is 14.0. The highest BCUT2D eigenvalue weighted by atomic mass is 32.2. The SMILES string of the molecule is COc1ccccc1N1C(SCc2ccccc2F)=N[C@H]2CS(=O)(=O)C[C@@H]21. The topological polar surface area (TPSA) is 59.0 Å². The predicted octanol–water partition coefficient (Wildman–Crippen LogP) is 3.11. The van der Waals surface area contributed by atoms with Crippen molar-refractivity contribution >= 4 is 32.5 Å². The highest BCUT2D eigenvalue weighted by Crippen LogP contribution is 2.39. The van der Waals surface area contributed by atoms with Crippen LogP contribution in [0.3, 0.4) is 0 Å². The number of thioether (sulfide) groups is 1. The normalized spacial score (nSPS) is 23.2. The van der Waals surface area contributed by atoms with Crippen LogP contribution in [-0.4, -0.2) is 44.3 Å². The number of fused-ring (bicyclic) bond motifs is 1. The number of hydrogen-bond acceptors (Lipinski definition) is 6. The molecule has 1 saturated heterocycles. The van der Waals surface area contributed by atoms with Crippen LogP contribution in [0.5, 0.6) is 5.75 Å². The summed E-state index contributed by atoms with van der Waals surface area (Å²) in [4.78, 5) is 6.62. The molecule has 0 unspecified atom stereocenters. The smallest absolute Gasteiger partial charge is 0.164 e. The Labute approximate surface area is 162 Å². The minimum atomic E-state index is -3.12. The van der Waals surface area contributed by atoms with Crippen LogP contribution in [-0.2, 0) is 15.6 Å². The van der Waals surface area contributed by atoms with Gasteiger partial charge in [-0.25, -0.2) is 12.8 Å². The maximum absolute atomic E-state index is 14.0. The third-order valence-corrected chi connectivity index (χ3v) is 7.48. The van der Waals surface area contributed by atoms with Crippen molar-refractivity contribution in [2.45, 2.75) is 17.8 Å². The van der Waals surface area contributed by atoms with Gasteiger partial charge in [0.25, 0.3) is 0 Å². The Morgan fingerprint density at radius 3 is 2.70 bits per heavy atom. The maximum Gasteiger partial charge on any atom is 0.164 e. The average molecular weight is 407 g/mol. The van der Waals surface area contributed by atoms with Gasteiger partial charge < -0.3 is 9.64 Å². The van der Waals surface area contributed by atoms with E-state index in [-0.39, 0.29) is 29.4 Å². The second-order valence-corrected chi connectivity index (χ2v) is 9.64. The Balaban J connectivity index is 1.67. The van der Waals surface area contributed by atoms with Crippen LogP contribution in [0, 0.1) is 5.82 Å². The molecule has 0 aliphatic carbocycles. The Kier molecular flexibility index (Phi) is 4.86. The molecule has 2 atom stereocenters. The number of rotatable bonds is 4. The van der Waals surface area contributed by atoms with Crippen LogP contribution in [0.1, 0.15) is 5.56 Å². The summed E-state index contributed by atoms with van der Waals surface area (Å²) in [6.07, 6.45) is 0. The Morgan fingerprint density at radius 1 is 1.19 bits per heavy atom. The molecule has 0 saturated carbocycles. The van der Waals surface area contributed by atoms with Crippen molar-refractivity contribution in [2.24, 2.45) is 4.99 Å². The fraction of sp³-hybridized carbons (Fsp3) is 0.316. The molecular weight excluding hydrogens is 387 g/mol. The van der Waals surface area contributed by atoms with Crippen LogP contribution < -0.4 is 9.64 Å². The van der Waals surface area contributed by atoms with Gasteiger partial charge in [0.1, 0.15) is 11.6 Å². The number of hydrogen-bond donors (Lipinski definition) is 0. The van der Waals surface area contributed by atoms with Crippen molar-refractivity contribution in [3.63, 3.8) is 0 Å². The third kappa shape index (κ3) is 3.55. The first-order chi connectivity index (χ1) is 13.0. The Bertz CT molecular complexity index is 994. The molecule has 2 aliphatic rings. The lowest BCUT2D eigenvalue weighted by molar-refractivity contribution is 0.415. The fourth-order valence-corrected chi connectivity index (χ4v) is 6.45. The van der Waals surface area contributed by atoms with Gasteiger partial charge in [-0.3, -0.25) is 4.99 Å². The molecule has 2 aromatic rings. The third-order valence-electron chi connectivity index (χ3n) is 4.77. The second-order valence-electron chi connectivity index (χ2n) is 6.55. The quantitative estimate of drug-likeness (QED) is 0.781. The summed E-state index contributed by atoms with van der Waals surface area (Å²) < 4.78 is 43.7. The van der Waals surface area contributed by atoms with Crippen LogP contribution in [0.25, 0.3) is 0 Å². The standard InChI is InChI=1S/C19H19FN2O3S2/c1-25-18-9-5-4-8-16(18)22-17-12-27(23,24)11-15(17)21-19(22)26-10-13-6-2-3-7-14(13)20/h2-9,15,17H,10-12H2,1H3/t15-,17-/m0/s1. The van der Waals surface area contributed by atoms with Gasteiger partial charge in [0.15, 0.2) is 15.0 Å². The van der Waals surface area contributed by atoms with E-state index in [1.165, 1.54) is 17.8 Å². The lowest BCUT2D eigenvalue weighted by Crippen LogP contribution is -2.39. The number of anilines is 1. The van der Waals surface area contributed by atoms with Gasteiger partial charge in [-0.15, -0.1) is 0 Å². The summed E-state index contributed by atoms with van der Waals surface area (Å²) in [5.74, 6) is 0.927. The second kappa shape index (κ2) is 7.16. The molecule has 0 aromatic heterocycles. The summed E-state index contributed by atoms with van der Waals surface area (Å²) in [7, 11) is -1.54. The minimum absolute atomic E-state index is 0.0487. The van der Waals surface area contributed by atoms with Crippen molar-refractivity contribution in [3.05, 3.63) is 59.9 Å². The molecule has 0 radical (unpaired) electrons. The molecule has 8 heteroatoms. The number of aliphatic imine (C=N–C) groups is 1. The number of para-hydroxylation sites is 2. The molecule has 0 bridgehead atoms. The minimum Gasteiger partial charge on any atom is -0.495 e. The van der Waals surface area contributed by atoms with E-state index in [1.54, 1.807) is 25.3 Å². The van der Waals surface area contributed by atoms with Crippen molar-refractivity contribution in [3.8, 4) is 5.75 Å². The molecule has 2 aromatic carbocycles. The Hall–Kier alpha value is -2.06. The number of nitrogens with zero attached hydrogens (tertiary/aromatic N) is 2. The van der Waals surface area contributed by atoms with E-state index >= 15 is 0 Å². The monoisotopic (exact) mass is 406 g/mol. The van der Waals surface area contributed by atoms with Crippen LogP contribution >= 0.6 is 11.8 Å². The molecule has 2 heterocycles. The summed E-state index contributed by atoms with van der Waals surface area (Å²) >= 11 is 1.42. The lowest BCUT2D eigenvalue weighted by Gasteiger charge is -2.27. The van der Waals surface area contributed by atoms with Gasteiger partial charge >= 0.3 is 0 Å². The zero-order valence-corrected chi connectivity index (χ0v) is 16.3. The van der Waals surface area contributed by atoms with Gasteiger partial charge in [-0.1, -0.05) is 42.1 Å². The predicted molar refractivity (Wildman–Crippen MR) is 107 cm³/mol. The Morgan fingerprint density at radius 2 is 1.93 bits per heavy atom. The van der Waals surface area contributed by atoms with Crippen LogP contribution in [0.4, 0.5) is 10.1 Å². The molecular formula is C19H19FN2O3S2. The zero-order chi connectivity index (χ0) is 19.0. The number of benzene rings is 2. The highest BCUT2D eigenvalue weighted by molar-refractivity contribution is 8.13. The van der Waals surface area contributed by atoms with E-state index in [0.29, 0.717) is 22.2 Å². The fourth-order valence-electron chi connectivity index (χ4n) is 3.50. The van der Waals surface area contributed by atoms with E-state index in [9.17, 15) is 12.8 Å². The summed E-state index contributed by atoms with van der Waals surface area (Å²) in [5, 5.41) is 0.702. The number of sulfone groups is 1. The first kappa shape index (κ1) is 18.3. The van der Waals surface area contributed by atoms with E-state index in [0.717, 1.165) is 5.69 Å². The zero-order valence-electron chi connectivity index (χ0n) is 14.7. The molecule has 142 valence electrons. The van der Waals surface area contributed by atoms with Gasteiger partial charge in [0.05, 0.1) is 36.4 Å². The van der Waals surface area contributed by atoms with E-state index in [1.807, 2.05) is 29.2 Å². The number of ether oxygens (including phenoxy) is 1. The largest absolute Gasteiger partial charge is 0.495 e. The molecule has 0 amide bonds. The van der Waals surface area contributed by atoms with Crippen LogP contribution in [0.2, 0.25) is 0 Å². The van der Waals surface area contributed by atoms with E-state index in [2.05, 4.69) is 4.99 Å². The number of halogens is 1. The number of methoxy groups -OCH3 is 1. The summed E-state index contributed by atoms with van der Waals surface area (Å²) in [6, 6.07) is 13.6. The molecule has 2 aliphatic heterocycles. The van der Waals surface area contributed by atoms with Crippen molar-refractivity contribution in [2.75, 3.05) is 23.5 Å². The highest BCUT2D eigenvalue weighted by Gasteiger charge is 2.47. The summed E-state index contributed by atoms with van der Waals surface area (Å²) in [6.45, 7) is 0. The van der Waals surface area contributed by atoms with Gasteiger partial charge in [0.2, 0.25) is 0 Å². The van der Waals surface area contributed by atoms with Crippen molar-refractivity contribution < 1.29 is 17.5 Å². The average Bonchev–Trinajstić information content (AvgIpc) is 3.12. The molecule has 4 rings (SSSR count). The molecule has 27 heavy (non-hydrogen) atoms. The van der Waals surface area contributed by atoms with Gasteiger partial charge in [-0.05, 0) is 23.8 Å². The summed E-state index contributed by atoms with van der Waals surface area (Å²) in [5.41, 5.74) is 1.37. The van der Waals surface area contributed by atoms with Gasteiger partial charge in [0, 0.05) is 5.75 Å². The van der Waals surface area contributed by atoms with E-state index in [4.69, 9.17) is 4.74 Å². The van der Waals surface area contributed by atoms with Crippen molar-refractivity contribution in [1.29, 1.82) is 0 Å². The molecule has 1 fully saturated rings. The molecule has 0 spiro atoms. The first-order valence-corrected chi connectivity index (χ1v) is 11.4. The lowest BCUT2D eigenvalue weighted by atomic mass is 10.1. The molecule has 0 N–H and O–H groups in total. The van der Waals surface area contributed by atoms with Crippen molar-refractivity contribution in [1.82, 2.24) is 0 Å². The number of amidine groups is 1. The van der Waals surface area contributed by atoms with E-state index < -0.39 is 9.84 Å². The molecule has 5 nitrogen and oxygen atoms in total.